The molecular weight excluding hydrogens is 578 g/mol. The zero-order chi connectivity index (χ0) is 26.5. The van der Waals surface area contributed by atoms with Crippen LogP contribution in [0.15, 0.2) is 82.2 Å². The van der Waals surface area contributed by atoms with Crippen molar-refractivity contribution in [3.8, 4) is 11.5 Å². The number of aromatic hydroxyl groups is 1. The predicted molar refractivity (Wildman–Crippen MR) is 149 cm³/mol. The molecule has 4 rings (SSSR count). The van der Waals surface area contributed by atoms with Crippen molar-refractivity contribution in [3.05, 3.63) is 98.9 Å². The Labute approximate surface area is 230 Å². The number of carboxylic acid groups (broad SMARTS) is 1. The third-order valence-electron chi connectivity index (χ3n) is 5.50. The molecule has 1 heterocycles. The molecule has 2 N–H and O–H groups in total. The van der Waals surface area contributed by atoms with E-state index in [2.05, 4.69) is 15.9 Å². The van der Waals surface area contributed by atoms with Crippen LogP contribution in [0.25, 0.3) is 6.08 Å². The van der Waals surface area contributed by atoms with Crippen molar-refractivity contribution in [2.75, 3.05) is 6.61 Å². The van der Waals surface area contributed by atoms with Gasteiger partial charge < -0.3 is 14.9 Å². The molecule has 0 aromatic heterocycles. The van der Waals surface area contributed by atoms with Crippen molar-refractivity contribution in [2.24, 2.45) is 0 Å². The number of benzene rings is 3. The predicted octanol–water partition coefficient (Wildman–Crippen LogP) is 5.31. The van der Waals surface area contributed by atoms with E-state index in [0.29, 0.717) is 27.3 Å². The summed E-state index contributed by atoms with van der Waals surface area (Å²) in [5, 5.41) is 19.3. The average Bonchev–Trinajstić information content (AvgIpc) is 3.15. The minimum absolute atomic E-state index is 0.0420. The molecular formula is C27H20BrNO6S2. The van der Waals surface area contributed by atoms with E-state index in [1.807, 2.05) is 0 Å². The third-order valence-corrected chi connectivity index (χ3v) is 7.36. The summed E-state index contributed by atoms with van der Waals surface area (Å²) in [6.07, 6.45) is 1.68. The molecule has 0 radical (unpaired) electrons. The number of carbonyl (C=O) groups excluding carboxylic acids is 2. The molecule has 188 valence electrons. The van der Waals surface area contributed by atoms with Gasteiger partial charge in [0.15, 0.2) is 12.4 Å². The number of ether oxygens (including phenoxy) is 1. The number of phenols is 1. The van der Waals surface area contributed by atoms with E-state index in [-0.39, 0.29) is 28.9 Å². The van der Waals surface area contributed by atoms with Crippen LogP contribution < -0.4 is 4.74 Å². The number of ketones is 1. The highest BCUT2D eigenvalue weighted by Gasteiger charge is 2.40. The molecule has 0 bridgehead atoms. The topological polar surface area (TPSA) is 104 Å². The van der Waals surface area contributed by atoms with Crippen LogP contribution in [0.3, 0.4) is 0 Å². The number of carboxylic acids is 1. The molecule has 1 aliphatic rings. The summed E-state index contributed by atoms with van der Waals surface area (Å²) >= 11 is 9.71. The van der Waals surface area contributed by atoms with Gasteiger partial charge >= 0.3 is 5.97 Å². The summed E-state index contributed by atoms with van der Waals surface area (Å²) < 4.78 is 6.63. The molecule has 3 aromatic carbocycles. The number of thiocarbonyl (C=S) groups is 1. The molecule has 7 nitrogen and oxygen atoms in total. The first-order chi connectivity index (χ1) is 17.7. The maximum atomic E-state index is 13.1. The first-order valence-electron chi connectivity index (χ1n) is 11.0. The second-order valence-corrected chi connectivity index (χ2v) is 10.7. The van der Waals surface area contributed by atoms with Gasteiger partial charge in [-0.25, -0.2) is 4.79 Å². The van der Waals surface area contributed by atoms with Gasteiger partial charge in [-0.3, -0.25) is 14.5 Å². The molecule has 1 saturated heterocycles. The highest BCUT2D eigenvalue weighted by molar-refractivity contribution is 9.10. The van der Waals surface area contributed by atoms with Crippen molar-refractivity contribution in [1.29, 1.82) is 0 Å². The molecule has 0 saturated carbocycles. The Bertz CT molecular complexity index is 1370. The van der Waals surface area contributed by atoms with E-state index < -0.39 is 17.9 Å². The monoisotopic (exact) mass is 597 g/mol. The number of nitrogens with zero attached hydrogens (tertiary/aromatic N) is 1. The molecule has 0 spiro atoms. The van der Waals surface area contributed by atoms with Crippen LogP contribution in [0.2, 0.25) is 0 Å². The van der Waals surface area contributed by atoms with Gasteiger partial charge in [-0.1, -0.05) is 76.3 Å². The Kier molecular flexibility index (Phi) is 8.42. The number of aliphatic carboxylic acids is 1. The zero-order valence-corrected chi connectivity index (χ0v) is 22.4. The van der Waals surface area contributed by atoms with Gasteiger partial charge in [0.2, 0.25) is 0 Å². The average molecular weight is 598 g/mol. The van der Waals surface area contributed by atoms with E-state index in [1.165, 1.54) is 12.1 Å². The fourth-order valence-electron chi connectivity index (χ4n) is 3.57. The van der Waals surface area contributed by atoms with Crippen LogP contribution in [0, 0.1) is 0 Å². The first kappa shape index (κ1) is 26.6. The number of hydrogen-bond donors (Lipinski definition) is 2. The minimum Gasteiger partial charge on any atom is -0.508 e. The fourth-order valence-corrected chi connectivity index (χ4v) is 5.19. The number of rotatable bonds is 9. The number of Topliss-reactive ketones (excluding diaryl/α,β-unsaturated/α-hetero) is 1. The number of phenolic OH excluding ortho intramolecular Hbond substituents is 1. The van der Waals surface area contributed by atoms with Crippen LogP contribution in [-0.2, 0) is 16.0 Å². The van der Waals surface area contributed by atoms with E-state index >= 15 is 0 Å². The number of amides is 1. The van der Waals surface area contributed by atoms with Crippen molar-refractivity contribution >= 4 is 68.0 Å². The van der Waals surface area contributed by atoms with Gasteiger partial charge in [-0.05, 0) is 53.6 Å². The summed E-state index contributed by atoms with van der Waals surface area (Å²) in [7, 11) is 0. The molecule has 3 aromatic rings. The largest absolute Gasteiger partial charge is 0.508 e. The standard InChI is InChI=1S/C27H20BrNO6S2/c28-19-7-5-18(6-8-19)23(31)15-35-21-11-3-17(4-12-21)14-24-25(32)29(27(36)37-24)22(26(33)34)13-16-1-9-20(30)10-2-16/h1-12,14,22,30H,13,15H2,(H,33,34)/b24-14-/t22-/m0/s1. The summed E-state index contributed by atoms with van der Waals surface area (Å²) in [5.41, 5.74) is 1.89. The Morgan fingerprint density at radius 3 is 2.30 bits per heavy atom. The molecule has 0 unspecified atom stereocenters. The third kappa shape index (κ3) is 6.65. The van der Waals surface area contributed by atoms with Gasteiger partial charge in [0.1, 0.15) is 21.9 Å². The van der Waals surface area contributed by atoms with Crippen molar-refractivity contribution in [2.45, 2.75) is 12.5 Å². The molecule has 1 atom stereocenters. The normalized spacial score (nSPS) is 15.2. The van der Waals surface area contributed by atoms with Crippen molar-refractivity contribution in [3.63, 3.8) is 0 Å². The Balaban J connectivity index is 1.42. The van der Waals surface area contributed by atoms with Crippen LogP contribution in [0.4, 0.5) is 0 Å². The van der Waals surface area contributed by atoms with Gasteiger partial charge in [0.05, 0.1) is 4.91 Å². The quantitative estimate of drug-likeness (QED) is 0.194. The lowest BCUT2D eigenvalue weighted by molar-refractivity contribution is -0.145. The van der Waals surface area contributed by atoms with Crippen LogP contribution in [-0.4, -0.2) is 49.7 Å². The summed E-state index contributed by atoms with van der Waals surface area (Å²) in [6, 6.07) is 18.8. The smallest absolute Gasteiger partial charge is 0.327 e. The molecule has 0 aliphatic carbocycles. The highest BCUT2D eigenvalue weighted by Crippen LogP contribution is 2.35. The second kappa shape index (κ2) is 11.7. The Hall–Kier alpha value is -3.47. The number of hydrogen-bond acceptors (Lipinski definition) is 7. The lowest BCUT2D eigenvalue weighted by Gasteiger charge is -2.23. The van der Waals surface area contributed by atoms with E-state index in [4.69, 9.17) is 17.0 Å². The fraction of sp³-hybridized carbons (Fsp3) is 0.111. The number of thioether (sulfide) groups is 1. The van der Waals surface area contributed by atoms with Crippen LogP contribution in [0.1, 0.15) is 21.5 Å². The van der Waals surface area contributed by atoms with E-state index in [0.717, 1.165) is 21.1 Å². The van der Waals surface area contributed by atoms with Crippen LogP contribution >= 0.6 is 39.9 Å². The van der Waals surface area contributed by atoms with Crippen molar-refractivity contribution < 1.29 is 29.3 Å². The lowest BCUT2D eigenvalue weighted by atomic mass is 10.0. The van der Waals surface area contributed by atoms with Crippen LogP contribution in [0.5, 0.6) is 11.5 Å². The van der Waals surface area contributed by atoms with Gasteiger partial charge in [0.25, 0.3) is 5.91 Å². The maximum Gasteiger partial charge on any atom is 0.327 e. The molecule has 37 heavy (non-hydrogen) atoms. The van der Waals surface area contributed by atoms with Gasteiger partial charge in [-0.2, -0.15) is 0 Å². The Morgan fingerprint density at radius 1 is 1.03 bits per heavy atom. The lowest BCUT2D eigenvalue weighted by Crippen LogP contribution is -2.45. The number of carbonyl (C=O) groups is 3. The summed E-state index contributed by atoms with van der Waals surface area (Å²) in [4.78, 5) is 38.8. The second-order valence-electron chi connectivity index (χ2n) is 8.06. The maximum absolute atomic E-state index is 13.1. The Morgan fingerprint density at radius 2 is 1.68 bits per heavy atom. The van der Waals surface area contributed by atoms with Gasteiger partial charge in [0, 0.05) is 16.5 Å². The zero-order valence-electron chi connectivity index (χ0n) is 19.2. The molecule has 1 aliphatic heterocycles. The first-order valence-corrected chi connectivity index (χ1v) is 13.0. The molecule has 1 amide bonds. The number of halogens is 1. The summed E-state index contributed by atoms with van der Waals surface area (Å²) in [5.74, 6) is -1.25. The highest BCUT2D eigenvalue weighted by atomic mass is 79.9. The van der Waals surface area contributed by atoms with Gasteiger partial charge in [-0.15, -0.1) is 0 Å². The SMILES string of the molecule is O=C(COc1ccc(/C=C2\SC(=S)N([C@@H](Cc3ccc(O)cc3)C(=O)O)C2=O)cc1)c1ccc(Br)cc1. The van der Waals surface area contributed by atoms with Crippen molar-refractivity contribution in [1.82, 2.24) is 4.90 Å². The van der Waals surface area contributed by atoms with E-state index in [1.54, 1.807) is 66.7 Å². The van der Waals surface area contributed by atoms with E-state index in [9.17, 15) is 24.6 Å². The summed E-state index contributed by atoms with van der Waals surface area (Å²) in [6.45, 7) is -0.114. The minimum atomic E-state index is -1.18. The molecule has 1 fully saturated rings. The molecule has 10 heteroatoms.